The quantitative estimate of drug-likeness (QED) is 0.359. The highest BCUT2D eigenvalue weighted by molar-refractivity contribution is 7.91. The van der Waals surface area contributed by atoms with Crippen molar-refractivity contribution < 1.29 is 0 Å². The van der Waals surface area contributed by atoms with Crippen molar-refractivity contribution in [2.75, 3.05) is 12.0 Å². The number of rotatable bonds is 0. The normalized spacial score (nSPS) is 22.2. The molecule has 0 bridgehead atoms. The van der Waals surface area contributed by atoms with E-state index in [9.17, 15) is 0 Å². The van der Waals surface area contributed by atoms with Gasteiger partial charge in [-0.15, -0.1) is 12.0 Å². The minimum atomic E-state index is 0.639. The van der Waals surface area contributed by atoms with Crippen molar-refractivity contribution in [3.63, 3.8) is 0 Å². The van der Waals surface area contributed by atoms with Crippen LogP contribution in [0.15, 0.2) is 0 Å². The van der Waals surface area contributed by atoms with Gasteiger partial charge in [-0.1, -0.05) is 0 Å². The van der Waals surface area contributed by atoms with Gasteiger partial charge in [-0.2, -0.15) is 0 Å². The molecule has 0 atom stereocenters. The third kappa shape index (κ3) is 0.278. The summed E-state index contributed by atoms with van der Waals surface area (Å²) < 4.78 is 0. The van der Waals surface area contributed by atoms with E-state index in [1.807, 2.05) is 0 Å². The van der Waals surface area contributed by atoms with Crippen molar-refractivity contribution in [3.05, 3.63) is 0 Å². The standard InChI is InChI=1S/C3H5S/c1-4-2-3-4/h2H2,1H3/q-1. The van der Waals surface area contributed by atoms with Crippen molar-refractivity contribution in [1.82, 2.24) is 0 Å². The molecule has 1 aliphatic heterocycles. The van der Waals surface area contributed by atoms with Gasteiger partial charge in [-0.05, 0) is 0 Å². The molecule has 0 aromatic rings. The summed E-state index contributed by atoms with van der Waals surface area (Å²) in [4.78, 5) is 0. The average Bonchev–Trinajstić information content (AvgIpc) is 1.75. The first-order valence-electron chi connectivity index (χ1n) is 1.25. The molecule has 1 rings (SSSR count). The summed E-state index contributed by atoms with van der Waals surface area (Å²) in [6.07, 6.45) is 2.19. The molecule has 0 spiro atoms. The molecule has 1 heterocycles. The molecular weight excluding hydrogens is 68.1 g/mol. The van der Waals surface area contributed by atoms with Gasteiger partial charge in [-0.3, -0.25) is 0 Å². The molecule has 0 aliphatic carbocycles. The molecule has 0 nitrogen and oxygen atoms in total. The zero-order chi connectivity index (χ0) is 2.99. The Morgan fingerprint density at radius 2 is 2.25 bits per heavy atom. The Labute approximate surface area is 28.4 Å². The molecule has 0 aromatic carbocycles. The maximum absolute atomic E-state index is 3.12. The van der Waals surface area contributed by atoms with E-state index in [1.54, 1.807) is 0 Å². The van der Waals surface area contributed by atoms with Crippen LogP contribution in [0.25, 0.3) is 0 Å². The second-order valence-electron chi connectivity index (χ2n) is 0.926. The van der Waals surface area contributed by atoms with Crippen LogP contribution in [-0.2, 0) is 10.3 Å². The van der Waals surface area contributed by atoms with Crippen LogP contribution in [0.1, 0.15) is 0 Å². The van der Waals surface area contributed by atoms with Gasteiger partial charge in [0.1, 0.15) is 0 Å². The summed E-state index contributed by atoms with van der Waals surface area (Å²) >= 11 is 0. The molecule has 0 amide bonds. The lowest BCUT2D eigenvalue weighted by Gasteiger charge is -1.71. The highest BCUT2D eigenvalue weighted by atomic mass is 32.2. The maximum atomic E-state index is 3.12. The van der Waals surface area contributed by atoms with Crippen LogP contribution in [0.2, 0.25) is 0 Å². The highest BCUT2D eigenvalue weighted by Gasteiger charge is 1.64. The van der Waals surface area contributed by atoms with Gasteiger partial charge >= 0.3 is 0 Å². The average molecular weight is 73.1 g/mol. The molecule has 0 N–H and O–H groups in total. The molecule has 0 unspecified atom stereocenters. The molecule has 0 saturated carbocycles. The fourth-order valence-electron chi connectivity index (χ4n) is 0.0589. The molecule has 0 fully saturated rings. The Kier molecular flexibility index (Phi) is 0.320. The van der Waals surface area contributed by atoms with Crippen LogP contribution in [0.5, 0.6) is 0 Å². The van der Waals surface area contributed by atoms with Crippen LogP contribution in [0.3, 0.4) is 0 Å². The Hall–Kier alpha value is 0.130. The van der Waals surface area contributed by atoms with E-state index < -0.39 is 0 Å². The monoisotopic (exact) mass is 73.0 g/mol. The van der Waals surface area contributed by atoms with Gasteiger partial charge < -0.3 is 15.5 Å². The summed E-state index contributed by atoms with van der Waals surface area (Å²) in [5.74, 6) is 1.26. The first-order chi connectivity index (χ1) is 1.89. The summed E-state index contributed by atoms with van der Waals surface area (Å²) in [7, 11) is 0.639. The van der Waals surface area contributed by atoms with Crippen LogP contribution in [0.4, 0.5) is 0 Å². The van der Waals surface area contributed by atoms with Crippen molar-refractivity contribution >= 4 is 10.3 Å². The Balaban J connectivity index is 2.70. The Bertz CT molecular complexity index is 90.8. The molecule has 1 heteroatoms. The van der Waals surface area contributed by atoms with Crippen LogP contribution >= 0.6 is 0 Å². The van der Waals surface area contributed by atoms with Crippen molar-refractivity contribution in [2.45, 2.75) is 0 Å². The predicted molar refractivity (Wildman–Crippen MR) is 22.0 cm³/mol. The van der Waals surface area contributed by atoms with E-state index in [1.165, 1.54) is 5.75 Å². The van der Waals surface area contributed by atoms with E-state index in [2.05, 4.69) is 11.4 Å². The summed E-state index contributed by atoms with van der Waals surface area (Å²) in [6.45, 7) is 0. The molecule has 0 aromatic heterocycles. The number of hydrogen-bond acceptors (Lipinski definition) is 1. The van der Waals surface area contributed by atoms with Crippen molar-refractivity contribution in [2.24, 2.45) is 0 Å². The van der Waals surface area contributed by atoms with Gasteiger partial charge in [0.2, 0.25) is 0 Å². The Morgan fingerprint density at radius 3 is 2.25 bits per heavy atom. The summed E-state index contributed by atoms with van der Waals surface area (Å²) in [5.41, 5.74) is 0. The first-order valence-corrected chi connectivity index (χ1v) is 3.06. The number of hydrogen-bond donors (Lipinski definition) is 0. The first kappa shape index (κ1) is 2.37. The van der Waals surface area contributed by atoms with Gasteiger partial charge in [-0.25, -0.2) is 0 Å². The van der Waals surface area contributed by atoms with Crippen LogP contribution < -0.4 is 0 Å². The lowest BCUT2D eigenvalue weighted by atomic mass is 11.0. The third-order valence-electron chi connectivity index (χ3n) is 0.433. The molecule has 0 saturated heterocycles. The fourth-order valence-corrected chi connectivity index (χ4v) is 0.530. The van der Waals surface area contributed by atoms with E-state index in [-0.39, 0.29) is 0 Å². The predicted octanol–water partition coefficient (Wildman–Crippen LogP) is 0.207. The molecular formula is C3H5S-. The molecule has 4 heavy (non-hydrogen) atoms. The smallest absolute Gasteiger partial charge is 0.104 e. The fraction of sp³-hybridized carbons (Fsp3) is 0.667. The molecule has 1 aliphatic rings. The van der Waals surface area contributed by atoms with Crippen LogP contribution in [-0.4, -0.2) is 12.0 Å². The summed E-state index contributed by atoms with van der Waals surface area (Å²) in [5, 5.41) is 3.12. The zero-order valence-electron chi connectivity index (χ0n) is 2.62. The van der Waals surface area contributed by atoms with E-state index in [0.29, 0.717) is 10.3 Å². The minimum Gasteiger partial charge on any atom is -0.450 e. The SMILES string of the molecule is C[S-]1#CC1. The molecule has 0 radical (unpaired) electrons. The second kappa shape index (κ2) is 0.540. The summed E-state index contributed by atoms with van der Waals surface area (Å²) in [6, 6.07) is 0. The van der Waals surface area contributed by atoms with Gasteiger partial charge in [0.25, 0.3) is 0 Å². The highest BCUT2D eigenvalue weighted by Crippen LogP contribution is 1.83. The lowest BCUT2D eigenvalue weighted by molar-refractivity contribution is 2.07. The zero-order valence-corrected chi connectivity index (χ0v) is 3.43. The van der Waals surface area contributed by atoms with Crippen LogP contribution in [0, 0.1) is 5.18 Å². The van der Waals surface area contributed by atoms with Gasteiger partial charge in [0.15, 0.2) is 0 Å². The lowest BCUT2D eigenvalue weighted by Crippen LogP contribution is -1.54. The largest absolute Gasteiger partial charge is 0.450 e. The van der Waals surface area contributed by atoms with E-state index in [4.69, 9.17) is 0 Å². The Morgan fingerprint density at radius 1 is 2.00 bits per heavy atom. The van der Waals surface area contributed by atoms with E-state index in [0.717, 1.165) is 0 Å². The van der Waals surface area contributed by atoms with Gasteiger partial charge in [0, 0.05) is 0 Å². The second-order valence-corrected chi connectivity index (χ2v) is 2.78. The molecule has 24 valence electrons. The van der Waals surface area contributed by atoms with Crippen molar-refractivity contribution in [3.8, 4) is 5.18 Å². The van der Waals surface area contributed by atoms with Crippen molar-refractivity contribution in [1.29, 1.82) is 0 Å². The maximum Gasteiger partial charge on any atom is -0.104 e. The van der Waals surface area contributed by atoms with Gasteiger partial charge in [0.05, 0.1) is 0 Å². The minimum absolute atomic E-state index is 0.639. The third-order valence-corrected chi connectivity index (χ3v) is 1.30. The van der Waals surface area contributed by atoms with E-state index >= 15 is 0 Å². The topological polar surface area (TPSA) is 0 Å².